The second-order valence-corrected chi connectivity index (χ2v) is 6.40. The predicted octanol–water partition coefficient (Wildman–Crippen LogP) is 3.68. The molecular formula is C16H19BrN4O. The minimum absolute atomic E-state index is 0.153. The number of nitrogens with zero attached hydrogens (tertiary/aromatic N) is 2. The minimum Gasteiger partial charge on any atom is -0.352 e. The van der Waals surface area contributed by atoms with Crippen molar-refractivity contribution in [3.63, 3.8) is 0 Å². The molecule has 1 heterocycles. The van der Waals surface area contributed by atoms with Crippen LogP contribution in [0.25, 0.3) is 0 Å². The average Bonchev–Trinajstić information content (AvgIpc) is 2.48. The van der Waals surface area contributed by atoms with Crippen LogP contribution in [0.4, 0.5) is 11.6 Å². The molecule has 0 aliphatic carbocycles. The van der Waals surface area contributed by atoms with Gasteiger partial charge in [-0.05, 0) is 36.6 Å². The summed E-state index contributed by atoms with van der Waals surface area (Å²) in [7, 11) is 0. The number of halogens is 1. The molecular weight excluding hydrogens is 344 g/mol. The van der Waals surface area contributed by atoms with Crippen molar-refractivity contribution in [3.05, 3.63) is 46.2 Å². The monoisotopic (exact) mass is 362 g/mol. The molecule has 1 aromatic carbocycles. The number of anilines is 2. The first-order chi connectivity index (χ1) is 10.5. The molecule has 0 saturated heterocycles. The number of benzene rings is 1. The van der Waals surface area contributed by atoms with Crippen molar-refractivity contribution in [1.29, 1.82) is 0 Å². The van der Waals surface area contributed by atoms with Crippen LogP contribution in [-0.4, -0.2) is 22.4 Å². The van der Waals surface area contributed by atoms with Gasteiger partial charge >= 0.3 is 0 Å². The zero-order chi connectivity index (χ0) is 16.1. The quantitative estimate of drug-likeness (QED) is 0.851. The summed E-state index contributed by atoms with van der Waals surface area (Å²) in [5.74, 6) is 0.720. The van der Waals surface area contributed by atoms with E-state index in [0.717, 1.165) is 15.7 Å². The van der Waals surface area contributed by atoms with E-state index in [1.807, 2.05) is 39.0 Å². The second kappa shape index (κ2) is 7.35. The van der Waals surface area contributed by atoms with Gasteiger partial charge < -0.3 is 10.6 Å². The molecule has 6 heteroatoms. The molecule has 2 aromatic rings. The van der Waals surface area contributed by atoms with E-state index < -0.39 is 0 Å². The van der Waals surface area contributed by atoms with Crippen LogP contribution in [0.1, 0.15) is 29.8 Å². The van der Waals surface area contributed by atoms with Gasteiger partial charge in [-0.1, -0.05) is 29.8 Å². The molecule has 1 amide bonds. The fourth-order valence-corrected chi connectivity index (χ4v) is 2.27. The van der Waals surface area contributed by atoms with Crippen molar-refractivity contribution in [2.45, 2.75) is 20.8 Å². The number of aromatic nitrogens is 2. The topological polar surface area (TPSA) is 66.9 Å². The normalized spacial score (nSPS) is 10.6. The molecule has 0 aliphatic rings. The summed E-state index contributed by atoms with van der Waals surface area (Å²) in [5, 5.41) is 5.98. The first-order valence-electron chi connectivity index (χ1n) is 7.09. The Morgan fingerprint density at radius 3 is 2.55 bits per heavy atom. The Morgan fingerprint density at radius 2 is 1.95 bits per heavy atom. The Balaban J connectivity index is 2.04. The molecule has 116 valence electrons. The van der Waals surface area contributed by atoms with Gasteiger partial charge in [0.15, 0.2) is 0 Å². The molecule has 22 heavy (non-hydrogen) atoms. The third-order valence-electron chi connectivity index (χ3n) is 3.02. The van der Waals surface area contributed by atoms with Gasteiger partial charge in [0.05, 0.1) is 5.56 Å². The van der Waals surface area contributed by atoms with Gasteiger partial charge in [-0.15, -0.1) is 0 Å². The summed E-state index contributed by atoms with van der Waals surface area (Å²) in [6.07, 6.45) is 3.05. The molecule has 0 fully saturated rings. The zero-order valence-corrected chi connectivity index (χ0v) is 14.4. The van der Waals surface area contributed by atoms with Gasteiger partial charge in [-0.2, -0.15) is 0 Å². The van der Waals surface area contributed by atoms with Crippen LogP contribution < -0.4 is 10.6 Å². The lowest BCUT2D eigenvalue weighted by Crippen LogP contribution is -2.27. The summed E-state index contributed by atoms with van der Waals surface area (Å²) >= 11 is 3.43. The Labute approximate surface area is 138 Å². The van der Waals surface area contributed by atoms with Crippen molar-refractivity contribution in [2.24, 2.45) is 5.92 Å². The van der Waals surface area contributed by atoms with Crippen molar-refractivity contribution >= 4 is 33.5 Å². The average molecular weight is 363 g/mol. The highest BCUT2D eigenvalue weighted by atomic mass is 79.9. The lowest BCUT2D eigenvalue weighted by Gasteiger charge is -2.09. The van der Waals surface area contributed by atoms with E-state index in [2.05, 4.69) is 36.5 Å². The molecule has 0 atom stereocenters. The molecule has 1 aromatic heterocycles. The number of aryl methyl sites for hydroxylation is 1. The highest BCUT2D eigenvalue weighted by Crippen LogP contribution is 2.22. The van der Waals surface area contributed by atoms with E-state index in [1.165, 1.54) is 12.4 Å². The lowest BCUT2D eigenvalue weighted by molar-refractivity contribution is 0.0948. The largest absolute Gasteiger partial charge is 0.352 e. The molecule has 0 unspecified atom stereocenters. The number of carbonyl (C=O) groups excluding carboxylic acids is 1. The summed E-state index contributed by atoms with van der Waals surface area (Å²) in [6.45, 7) is 6.73. The highest BCUT2D eigenvalue weighted by molar-refractivity contribution is 9.10. The van der Waals surface area contributed by atoms with Gasteiger partial charge in [-0.3, -0.25) is 4.79 Å². The summed E-state index contributed by atoms with van der Waals surface area (Å²) in [6, 6.07) is 5.91. The Morgan fingerprint density at radius 1 is 1.27 bits per heavy atom. The molecule has 0 radical (unpaired) electrons. The molecule has 0 spiro atoms. The van der Waals surface area contributed by atoms with Gasteiger partial charge in [0.25, 0.3) is 5.91 Å². The Bertz CT molecular complexity index is 656. The smallest absolute Gasteiger partial charge is 0.254 e. The molecule has 0 bridgehead atoms. The van der Waals surface area contributed by atoms with E-state index in [1.54, 1.807) is 0 Å². The van der Waals surface area contributed by atoms with Crippen LogP contribution in [0.15, 0.2) is 35.1 Å². The Hall–Kier alpha value is -1.95. The van der Waals surface area contributed by atoms with Crippen LogP contribution >= 0.6 is 15.9 Å². The summed E-state index contributed by atoms with van der Waals surface area (Å²) in [5.41, 5.74) is 2.47. The van der Waals surface area contributed by atoms with E-state index in [0.29, 0.717) is 24.0 Å². The number of rotatable bonds is 5. The Kier molecular flexibility index (Phi) is 5.49. The maximum absolute atomic E-state index is 11.9. The molecule has 2 rings (SSSR count). The molecule has 0 aliphatic heterocycles. The van der Waals surface area contributed by atoms with E-state index in [4.69, 9.17) is 0 Å². The standard InChI is InChI=1S/C16H19BrN4O/c1-10(2)7-18-15(22)12-8-19-16(20-9-12)21-14-5-4-13(17)6-11(14)3/h4-6,8-10H,7H2,1-3H3,(H,18,22)(H,19,20,21). The van der Waals surface area contributed by atoms with Crippen molar-refractivity contribution in [1.82, 2.24) is 15.3 Å². The minimum atomic E-state index is -0.153. The summed E-state index contributed by atoms with van der Waals surface area (Å²) in [4.78, 5) is 20.3. The summed E-state index contributed by atoms with van der Waals surface area (Å²) < 4.78 is 1.02. The van der Waals surface area contributed by atoms with E-state index >= 15 is 0 Å². The van der Waals surface area contributed by atoms with Crippen LogP contribution in [0.2, 0.25) is 0 Å². The number of carbonyl (C=O) groups is 1. The fraction of sp³-hybridized carbons (Fsp3) is 0.312. The SMILES string of the molecule is Cc1cc(Br)ccc1Nc1ncc(C(=O)NCC(C)C)cn1. The first-order valence-corrected chi connectivity index (χ1v) is 7.88. The van der Waals surface area contributed by atoms with Crippen LogP contribution in [0.5, 0.6) is 0 Å². The lowest BCUT2D eigenvalue weighted by atomic mass is 10.2. The van der Waals surface area contributed by atoms with Gasteiger partial charge in [0, 0.05) is 29.1 Å². The number of amides is 1. The second-order valence-electron chi connectivity index (χ2n) is 5.48. The molecule has 5 nitrogen and oxygen atoms in total. The number of nitrogens with one attached hydrogen (secondary N) is 2. The van der Waals surface area contributed by atoms with Crippen molar-refractivity contribution in [2.75, 3.05) is 11.9 Å². The zero-order valence-electron chi connectivity index (χ0n) is 12.9. The first kappa shape index (κ1) is 16.4. The van der Waals surface area contributed by atoms with Gasteiger partial charge in [0.1, 0.15) is 0 Å². The third-order valence-corrected chi connectivity index (χ3v) is 3.51. The van der Waals surface area contributed by atoms with Crippen molar-refractivity contribution in [3.8, 4) is 0 Å². The van der Waals surface area contributed by atoms with Crippen molar-refractivity contribution < 1.29 is 4.79 Å². The van der Waals surface area contributed by atoms with Crippen LogP contribution in [0, 0.1) is 12.8 Å². The predicted molar refractivity (Wildman–Crippen MR) is 91.4 cm³/mol. The number of hydrogen-bond acceptors (Lipinski definition) is 4. The third kappa shape index (κ3) is 4.53. The number of hydrogen-bond donors (Lipinski definition) is 2. The maximum atomic E-state index is 11.9. The van der Waals surface area contributed by atoms with Gasteiger partial charge in [0.2, 0.25) is 5.95 Å². The van der Waals surface area contributed by atoms with Crippen LogP contribution in [0.3, 0.4) is 0 Å². The van der Waals surface area contributed by atoms with E-state index in [9.17, 15) is 4.79 Å². The molecule has 0 saturated carbocycles. The maximum Gasteiger partial charge on any atom is 0.254 e. The fourth-order valence-electron chi connectivity index (χ4n) is 1.80. The van der Waals surface area contributed by atoms with Crippen LogP contribution in [-0.2, 0) is 0 Å². The highest BCUT2D eigenvalue weighted by Gasteiger charge is 2.08. The molecule has 2 N–H and O–H groups in total. The van der Waals surface area contributed by atoms with Gasteiger partial charge in [-0.25, -0.2) is 9.97 Å². The van der Waals surface area contributed by atoms with E-state index in [-0.39, 0.29) is 5.91 Å².